The van der Waals surface area contributed by atoms with E-state index in [1.807, 2.05) is 0 Å². The number of nitrogens with zero attached hydrogens (tertiary/aromatic N) is 2. The zero-order chi connectivity index (χ0) is 17.8. The molecule has 3 aliphatic rings. The number of piperidine rings is 1. The fourth-order valence-electron chi connectivity index (χ4n) is 4.67. The lowest BCUT2D eigenvalue weighted by Crippen LogP contribution is -2.54. The smallest absolute Gasteiger partial charge is 0.109 e. The lowest BCUT2D eigenvalue weighted by Gasteiger charge is -2.36. The van der Waals surface area contributed by atoms with Gasteiger partial charge in [0.2, 0.25) is 0 Å². The van der Waals surface area contributed by atoms with E-state index in [-0.39, 0.29) is 18.8 Å². The van der Waals surface area contributed by atoms with Crippen LogP contribution < -0.4 is 5.32 Å². The number of rotatable bonds is 7. The number of aliphatic hydroxyl groups is 2. The summed E-state index contributed by atoms with van der Waals surface area (Å²) in [5, 5.41) is 24.0. The van der Waals surface area contributed by atoms with Crippen molar-refractivity contribution in [1.82, 2.24) is 15.1 Å². The first kappa shape index (κ1) is 19.5. The van der Waals surface area contributed by atoms with E-state index in [1.54, 1.807) is 7.11 Å². The van der Waals surface area contributed by atoms with Crippen LogP contribution in [0.2, 0.25) is 0 Å². The molecular formula is C18H35N3O4. The molecule has 0 radical (unpaired) electrons. The molecule has 3 saturated heterocycles. The Hall–Kier alpha value is -0.280. The van der Waals surface area contributed by atoms with E-state index in [0.717, 1.165) is 51.9 Å². The number of nitrogens with one attached hydrogen (secondary N) is 1. The van der Waals surface area contributed by atoms with E-state index in [2.05, 4.69) is 22.2 Å². The number of aliphatic hydroxyl groups excluding tert-OH is 2. The molecular weight excluding hydrogens is 322 g/mol. The van der Waals surface area contributed by atoms with Crippen LogP contribution >= 0.6 is 0 Å². The Morgan fingerprint density at radius 1 is 1.16 bits per heavy atom. The third-order valence-electron chi connectivity index (χ3n) is 6.13. The molecule has 0 aliphatic carbocycles. The van der Waals surface area contributed by atoms with Crippen molar-refractivity contribution in [2.75, 3.05) is 53.6 Å². The number of hydrogen-bond donors (Lipinski definition) is 3. The van der Waals surface area contributed by atoms with Crippen LogP contribution in [0.5, 0.6) is 0 Å². The molecule has 5 unspecified atom stereocenters. The molecule has 0 spiro atoms. The van der Waals surface area contributed by atoms with Crippen LogP contribution in [0.1, 0.15) is 25.7 Å². The Morgan fingerprint density at radius 2 is 1.92 bits per heavy atom. The van der Waals surface area contributed by atoms with E-state index in [0.29, 0.717) is 18.7 Å². The van der Waals surface area contributed by atoms with Crippen molar-refractivity contribution in [3.05, 3.63) is 0 Å². The van der Waals surface area contributed by atoms with Crippen LogP contribution in [-0.4, -0.2) is 110 Å². The van der Waals surface area contributed by atoms with Gasteiger partial charge in [0, 0.05) is 25.7 Å². The summed E-state index contributed by atoms with van der Waals surface area (Å²) in [5.74, 6) is 0. The molecule has 146 valence electrons. The maximum Gasteiger partial charge on any atom is 0.109 e. The third-order valence-corrected chi connectivity index (χ3v) is 6.13. The predicted octanol–water partition coefficient (Wildman–Crippen LogP) is -0.730. The summed E-state index contributed by atoms with van der Waals surface area (Å²) in [4.78, 5) is 4.71. The molecule has 3 heterocycles. The lowest BCUT2D eigenvalue weighted by molar-refractivity contribution is -0.0222. The minimum absolute atomic E-state index is 0.0708. The average Bonchev–Trinajstić information content (AvgIpc) is 3.18. The standard InChI is InChI=1S/C18H35N3O4/c1-20-8-5-13(6-9-20)19-10-15-17(18(23)16(11-22)25-15)21-7-3-4-14(21)12-24-2/h13-19,22-23H,3-12H2,1-2H3. The van der Waals surface area contributed by atoms with Crippen molar-refractivity contribution in [3.8, 4) is 0 Å². The zero-order valence-electron chi connectivity index (χ0n) is 15.6. The zero-order valence-corrected chi connectivity index (χ0v) is 15.6. The van der Waals surface area contributed by atoms with Crippen molar-refractivity contribution < 1.29 is 19.7 Å². The molecule has 25 heavy (non-hydrogen) atoms. The Kier molecular flexibility index (Phi) is 7.08. The highest BCUT2D eigenvalue weighted by molar-refractivity contribution is 5.01. The van der Waals surface area contributed by atoms with Crippen LogP contribution in [0, 0.1) is 0 Å². The summed E-state index contributed by atoms with van der Waals surface area (Å²) >= 11 is 0. The van der Waals surface area contributed by atoms with Gasteiger partial charge in [-0.1, -0.05) is 0 Å². The summed E-state index contributed by atoms with van der Waals surface area (Å²) in [5.41, 5.74) is 0. The van der Waals surface area contributed by atoms with Gasteiger partial charge in [-0.25, -0.2) is 0 Å². The van der Waals surface area contributed by atoms with Gasteiger partial charge in [-0.3, -0.25) is 4.90 Å². The van der Waals surface area contributed by atoms with Gasteiger partial charge < -0.3 is 29.9 Å². The van der Waals surface area contributed by atoms with Crippen molar-refractivity contribution in [2.45, 2.75) is 62.1 Å². The number of ether oxygens (including phenoxy) is 2. The molecule has 7 nitrogen and oxygen atoms in total. The maximum absolute atomic E-state index is 10.7. The molecule has 7 heteroatoms. The first-order valence-electron chi connectivity index (χ1n) is 9.75. The first-order valence-corrected chi connectivity index (χ1v) is 9.75. The van der Waals surface area contributed by atoms with E-state index < -0.39 is 12.2 Å². The molecule has 3 rings (SSSR count). The van der Waals surface area contributed by atoms with Crippen molar-refractivity contribution in [1.29, 1.82) is 0 Å². The third kappa shape index (κ3) is 4.53. The Bertz CT molecular complexity index is 406. The van der Waals surface area contributed by atoms with Crippen LogP contribution in [0.15, 0.2) is 0 Å². The SMILES string of the molecule is COCC1CCCN1C1C(CNC2CCN(C)CC2)OC(CO)C1O. The molecule has 3 N–H and O–H groups in total. The predicted molar refractivity (Wildman–Crippen MR) is 95.7 cm³/mol. The van der Waals surface area contributed by atoms with E-state index in [4.69, 9.17) is 9.47 Å². The quantitative estimate of drug-likeness (QED) is 0.555. The maximum atomic E-state index is 10.7. The van der Waals surface area contributed by atoms with Crippen LogP contribution in [0.25, 0.3) is 0 Å². The Morgan fingerprint density at radius 3 is 2.60 bits per heavy atom. The Balaban J connectivity index is 1.61. The minimum atomic E-state index is -0.647. The van der Waals surface area contributed by atoms with Gasteiger partial charge in [-0.05, 0) is 52.4 Å². The highest BCUT2D eigenvalue weighted by Crippen LogP contribution is 2.31. The summed E-state index contributed by atoms with van der Waals surface area (Å²) in [6, 6.07) is 0.772. The molecule has 0 bridgehead atoms. The van der Waals surface area contributed by atoms with E-state index >= 15 is 0 Å². The van der Waals surface area contributed by atoms with Gasteiger partial charge in [0.25, 0.3) is 0 Å². The van der Waals surface area contributed by atoms with Gasteiger partial charge in [-0.2, -0.15) is 0 Å². The average molecular weight is 357 g/mol. The fourth-order valence-corrected chi connectivity index (χ4v) is 4.67. The molecule has 3 aliphatic heterocycles. The van der Waals surface area contributed by atoms with E-state index in [9.17, 15) is 10.2 Å². The number of methoxy groups -OCH3 is 1. The summed E-state index contributed by atoms with van der Waals surface area (Å²) in [6.07, 6.45) is 3.28. The molecule has 0 aromatic rings. The van der Waals surface area contributed by atoms with Crippen molar-refractivity contribution in [3.63, 3.8) is 0 Å². The number of hydrogen-bond acceptors (Lipinski definition) is 7. The summed E-state index contributed by atoms with van der Waals surface area (Å²) in [7, 11) is 3.89. The van der Waals surface area contributed by atoms with Gasteiger partial charge in [0.1, 0.15) is 12.2 Å². The molecule has 5 atom stereocenters. The second-order valence-electron chi connectivity index (χ2n) is 7.85. The van der Waals surface area contributed by atoms with Gasteiger partial charge in [0.05, 0.1) is 25.4 Å². The molecule has 0 aromatic heterocycles. The van der Waals surface area contributed by atoms with Gasteiger partial charge in [-0.15, -0.1) is 0 Å². The van der Waals surface area contributed by atoms with Crippen LogP contribution in [0.3, 0.4) is 0 Å². The fraction of sp³-hybridized carbons (Fsp3) is 1.00. The van der Waals surface area contributed by atoms with Gasteiger partial charge in [0.15, 0.2) is 0 Å². The van der Waals surface area contributed by atoms with Crippen molar-refractivity contribution >= 4 is 0 Å². The lowest BCUT2D eigenvalue weighted by atomic mass is 10.0. The van der Waals surface area contributed by atoms with Crippen molar-refractivity contribution in [2.24, 2.45) is 0 Å². The Labute approximate surface area is 151 Å². The van der Waals surface area contributed by atoms with E-state index in [1.165, 1.54) is 0 Å². The first-order chi connectivity index (χ1) is 12.1. The minimum Gasteiger partial charge on any atom is -0.394 e. The van der Waals surface area contributed by atoms with Crippen LogP contribution in [0.4, 0.5) is 0 Å². The number of likely N-dealkylation sites (tertiary alicyclic amines) is 2. The largest absolute Gasteiger partial charge is 0.394 e. The monoisotopic (exact) mass is 357 g/mol. The second kappa shape index (κ2) is 9.08. The normalized spacial score (nSPS) is 38.6. The topological polar surface area (TPSA) is 77.4 Å². The highest BCUT2D eigenvalue weighted by atomic mass is 16.5. The summed E-state index contributed by atoms with van der Waals surface area (Å²) < 4.78 is 11.4. The highest BCUT2D eigenvalue weighted by Gasteiger charge is 2.48. The summed E-state index contributed by atoms with van der Waals surface area (Å²) in [6.45, 7) is 4.48. The second-order valence-corrected chi connectivity index (χ2v) is 7.85. The molecule has 0 saturated carbocycles. The van der Waals surface area contributed by atoms with Gasteiger partial charge >= 0.3 is 0 Å². The molecule has 3 fully saturated rings. The van der Waals surface area contributed by atoms with Crippen LogP contribution in [-0.2, 0) is 9.47 Å². The molecule has 0 aromatic carbocycles. The molecule has 0 amide bonds.